The summed E-state index contributed by atoms with van der Waals surface area (Å²) in [6.45, 7) is 2.16. The van der Waals surface area contributed by atoms with Crippen molar-refractivity contribution in [1.82, 2.24) is 14.8 Å². The minimum absolute atomic E-state index is 0.0218. The molecule has 2 aliphatic rings. The number of aromatic nitrogens is 1. The third-order valence-corrected chi connectivity index (χ3v) is 7.04. The van der Waals surface area contributed by atoms with E-state index in [0.29, 0.717) is 18.8 Å². The van der Waals surface area contributed by atoms with Crippen LogP contribution < -0.4 is 5.32 Å². The van der Waals surface area contributed by atoms with Crippen molar-refractivity contribution in [3.8, 4) is 11.8 Å². The number of hydrogen-bond acceptors (Lipinski definition) is 4. The van der Waals surface area contributed by atoms with Crippen molar-refractivity contribution in [2.75, 3.05) is 31.6 Å². The SMILES string of the molecule is O=C(Nc1cccc(F)c1)N1CCCCN2[C@@H](CO)[C@H](c3ccc(C#Cc4cccnc4)cc3)[C@@H]2C1. The van der Waals surface area contributed by atoms with E-state index in [9.17, 15) is 14.3 Å². The fraction of sp³-hybridized carbons (Fsp3) is 0.310. The lowest BCUT2D eigenvalue weighted by molar-refractivity contribution is -0.0585. The number of nitrogens with zero attached hydrogens (tertiary/aromatic N) is 3. The van der Waals surface area contributed by atoms with E-state index >= 15 is 0 Å². The Labute approximate surface area is 210 Å². The number of hydrogen-bond donors (Lipinski definition) is 2. The number of nitrogens with one attached hydrogen (secondary N) is 1. The average Bonchev–Trinajstić information content (AvgIpc) is 2.88. The number of aliphatic hydroxyl groups excluding tert-OH is 1. The maximum Gasteiger partial charge on any atom is 0.321 e. The van der Waals surface area contributed by atoms with Crippen LogP contribution in [-0.4, -0.2) is 64.2 Å². The van der Waals surface area contributed by atoms with E-state index in [2.05, 4.69) is 39.2 Å². The predicted molar refractivity (Wildman–Crippen MR) is 137 cm³/mol. The molecule has 2 amide bonds. The first-order chi connectivity index (χ1) is 17.6. The van der Waals surface area contributed by atoms with E-state index in [1.54, 1.807) is 24.5 Å². The zero-order valence-corrected chi connectivity index (χ0v) is 20.0. The number of halogens is 1. The van der Waals surface area contributed by atoms with Crippen molar-refractivity contribution in [1.29, 1.82) is 0 Å². The number of aliphatic hydroxyl groups is 1. The molecule has 0 unspecified atom stereocenters. The first kappa shape index (κ1) is 24.0. The fourth-order valence-electron chi connectivity index (χ4n) is 5.26. The van der Waals surface area contributed by atoms with Crippen molar-refractivity contribution in [2.45, 2.75) is 30.8 Å². The van der Waals surface area contributed by atoms with Crippen molar-refractivity contribution >= 4 is 11.7 Å². The highest BCUT2D eigenvalue weighted by atomic mass is 19.1. The molecular weight excluding hydrogens is 455 g/mol. The standard InChI is InChI=1S/C29H29FN4O2/c30-24-6-3-7-25(17-24)32-29(36)33-15-1-2-16-34-26(19-33)28(27(34)20-35)23-12-10-21(11-13-23)8-9-22-5-4-14-31-18-22/h3-7,10-14,17-18,26-28,35H,1-2,15-16,19-20H2,(H,32,36)/t26-,27-,28+/m0/s1. The van der Waals surface area contributed by atoms with Crippen molar-refractivity contribution in [2.24, 2.45) is 0 Å². The maximum absolute atomic E-state index is 13.6. The molecule has 1 aromatic heterocycles. The fourth-order valence-corrected chi connectivity index (χ4v) is 5.26. The van der Waals surface area contributed by atoms with Crippen molar-refractivity contribution in [3.63, 3.8) is 0 Å². The van der Waals surface area contributed by atoms with Gasteiger partial charge in [0.05, 0.1) is 6.61 Å². The van der Waals surface area contributed by atoms with E-state index in [1.165, 1.54) is 12.1 Å². The van der Waals surface area contributed by atoms with Crippen LogP contribution in [0.2, 0.25) is 0 Å². The van der Waals surface area contributed by atoms with Crippen LogP contribution in [0.4, 0.5) is 14.9 Å². The minimum Gasteiger partial charge on any atom is -0.395 e. The molecule has 2 fully saturated rings. The maximum atomic E-state index is 13.6. The van der Waals surface area contributed by atoms with Crippen LogP contribution in [0.3, 0.4) is 0 Å². The highest BCUT2D eigenvalue weighted by Crippen LogP contribution is 2.42. The lowest BCUT2D eigenvalue weighted by Gasteiger charge is -2.57. The van der Waals surface area contributed by atoms with Gasteiger partial charge in [-0.2, -0.15) is 0 Å². The van der Waals surface area contributed by atoms with E-state index < -0.39 is 0 Å². The van der Waals surface area contributed by atoms with Crippen LogP contribution in [0.1, 0.15) is 35.4 Å². The number of carbonyl (C=O) groups is 1. The normalized spacial score (nSPS) is 21.7. The number of urea groups is 1. The molecule has 36 heavy (non-hydrogen) atoms. The average molecular weight is 485 g/mol. The topological polar surface area (TPSA) is 68.7 Å². The molecule has 2 aliphatic heterocycles. The van der Waals surface area contributed by atoms with Gasteiger partial charge in [-0.1, -0.05) is 30.0 Å². The van der Waals surface area contributed by atoms with Gasteiger partial charge in [0.15, 0.2) is 0 Å². The summed E-state index contributed by atoms with van der Waals surface area (Å²) >= 11 is 0. The van der Waals surface area contributed by atoms with Gasteiger partial charge < -0.3 is 15.3 Å². The highest BCUT2D eigenvalue weighted by Gasteiger charge is 2.49. The first-order valence-electron chi connectivity index (χ1n) is 12.3. The van der Waals surface area contributed by atoms with Crippen molar-refractivity contribution < 1.29 is 14.3 Å². The summed E-state index contributed by atoms with van der Waals surface area (Å²) in [6, 6.07) is 17.8. The zero-order chi connectivity index (χ0) is 24.9. The van der Waals surface area contributed by atoms with Crippen LogP contribution in [0.5, 0.6) is 0 Å². The molecule has 0 bridgehead atoms. The Balaban J connectivity index is 1.32. The smallest absolute Gasteiger partial charge is 0.321 e. The molecule has 0 saturated carbocycles. The van der Waals surface area contributed by atoms with Crippen molar-refractivity contribution in [3.05, 3.63) is 95.6 Å². The van der Waals surface area contributed by atoms with Gasteiger partial charge in [0.1, 0.15) is 5.82 Å². The zero-order valence-electron chi connectivity index (χ0n) is 20.0. The molecule has 0 radical (unpaired) electrons. The monoisotopic (exact) mass is 484 g/mol. The quantitative estimate of drug-likeness (QED) is 0.550. The number of fused-ring (bicyclic) bond motifs is 1. The molecule has 3 atom stereocenters. The third kappa shape index (κ3) is 5.25. The molecule has 0 aliphatic carbocycles. The van der Waals surface area contributed by atoms with Gasteiger partial charge in [0, 0.05) is 60.3 Å². The van der Waals surface area contributed by atoms with Gasteiger partial charge in [-0.3, -0.25) is 9.88 Å². The Kier molecular flexibility index (Phi) is 7.26. The van der Waals surface area contributed by atoms with Crippen LogP contribution >= 0.6 is 0 Å². The second-order valence-electron chi connectivity index (χ2n) is 9.29. The largest absolute Gasteiger partial charge is 0.395 e. The Morgan fingerprint density at radius 2 is 1.86 bits per heavy atom. The number of amides is 2. The van der Waals surface area contributed by atoms with E-state index in [0.717, 1.165) is 36.1 Å². The third-order valence-electron chi connectivity index (χ3n) is 7.04. The highest BCUT2D eigenvalue weighted by molar-refractivity contribution is 5.89. The minimum atomic E-state index is -0.384. The molecule has 6 nitrogen and oxygen atoms in total. The molecule has 2 N–H and O–H groups in total. The summed E-state index contributed by atoms with van der Waals surface area (Å²) in [6.07, 6.45) is 5.29. The van der Waals surface area contributed by atoms with Gasteiger partial charge in [-0.25, -0.2) is 9.18 Å². The first-order valence-corrected chi connectivity index (χ1v) is 12.3. The summed E-state index contributed by atoms with van der Waals surface area (Å²) < 4.78 is 13.6. The molecule has 5 rings (SSSR count). The van der Waals surface area contributed by atoms with Gasteiger partial charge in [0.25, 0.3) is 0 Å². The Bertz CT molecular complexity index is 1260. The Morgan fingerprint density at radius 1 is 1.06 bits per heavy atom. The molecule has 0 spiro atoms. The van der Waals surface area contributed by atoms with Gasteiger partial charge in [-0.05, 0) is 67.4 Å². The number of benzene rings is 2. The lowest BCUT2D eigenvalue weighted by Crippen LogP contribution is -2.68. The lowest BCUT2D eigenvalue weighted by atomic mass is 9.74. The molecular formula is C29H29FN4O2. The van der Waals surface area contributed by atoms with Gasteiger partial charge in [-0.15, -0.1) is 0 Å². The number of carbonyl (C=O) groups excluding carboxylic acids is 1. The predicted octanol–water partition coefficient (Wildman–Crippen LogP) is 4.08. The van der Waals surface area contributed by atoms with Crippen LogP contribution in [0, 0.1) is 17.7 Å². The number of anilines is 1. The Hall–Kier alpha value is -3.73. The van der Waals surface area contributed by atoms with Gasteiger partial charge >= 0.3 is 6.03 Å². The van der Waals surface area contributed by atoms with Gasteiger partial charge in [0.2, 0.25) is 0 Å². The van der Waals surface area contributed by atoms with Crippen LogP contribution in [0.25, 0.3) is 0 Å². The molecule has 3 aromatic rings. The molecule has 2 aromatic carbocycles. The molecule has 2 saturated heterocycles. The summed E-state index contributed by atoms with van der Waals surface area (Å²) in [7, 11) is 0. The Morgan fingerprint density at radius 3 is 2.61 bits per heavy atom. The van der Waals surface area contributed by atoms with E-state index in [-0.39, 0.29) is 36.5 Å². The molecule has 184 valence electrons. The summed E-state index contributed by atoms with van der Waals surface area (Å²) in [5.41, 5.74) is 3.35. The number of pyridine rings is 1. The summed E-state index contributed by atoms with van der Waals surface area (Å²) in [5.74, 6) is 6.02. The summed E-state index contributed by atoms with van der Waals surface area (Å²) in [4.78, 5) is 21.3. The van der Waals surface area contributed by atoms with E-state index in [4.69, 9.17) is 0 Å². The molecule has 3 heterocycles. The second kappa shape index (κ2) is 10.9. The van der Waals surface area contributed by atoms with Crippen LogP contribution in [-0.2, 0) is 0 Å². The van der Waals surface area contributed by atoms with Crippen LogP contribution in [0.15, 0.2) is 73.1 Å². The van der Waals surface area contributed by atoms with E-state index in [1.807, 2.05) is 29.2 Å². The summed E-state index contributed by atoms with van der Waals surface area (Å²) in [5, 5.41) is 13.0. The molecule has 7 heteroatoms. The number of rotatable bonds is 3. The second-order valence-corrected chi connectivity index (χ2v) is 9.29.